The minimum Gasteiger partial charge on any atom is -0.483 e. The lowest BCUT2D eigenvalue weighted by atomic mass is 9.98. The molecule has 1 aromatic heterocycles. The van der Waals surface area contributed by atoms with Gasteiger partial charge in [0.15, 0.2) is 5.69 Å². The summed E-state index contributed by atoms with van der Waals surface area (Å²) in [5.41, 5.74) is 1.79. The van der Waals surface area contributed by atoms with Crippen molar-refractivity contribution in [3.05, 3.63) is 23.9 Å². The standard InChI is InChI=1S/C20H28N6O2.CH2O2/c1-3-8-21-20(28)23-12-4-7-16-17(11-12)24-25-18(16)19(27)22-13-9-14-5-6-15(10-13)26(14)2;2-1-3/h4,7,11,13-15H,3,5-6,8-10H2,1-2H3,(H,22,27)(H,24,25)(H2,21,23,28);1H,(H,2,3). The van der Waals surface area contributed by atoms with Crippen molar-refractivity contribution in [2.75, 3.05) is 18.9 Å². The van der Waals surface area contributed by atoms with Gasteiger partial charge in [-0.2, -0.15) is 5.10 Å². The van der Waals surface area contributed by atoms with E-state index in [-0.39, 0.29) is 24.5 Å². The molecule has 10 nitrogen and oxygen atoms in total. The third-order valence-corrected chi connectivity index (χ3v) is 6.00. The number of aromatic nitrogens is 2. The molecule has 2 atom stereocenters. The Balaban J connectivity index is 0.000000858. The molecule has 2 fully saturated rings. The number of hydrogen-bond acceptors (Lipinski definition) is 5. The molecule has 5 N–H and O–H groups in total. The second-order valence-electron chi connectivity index (χ2n) is 8.01. The number of carbonyl (C=O) groups excluding carboxylic acids is 2. The van der Waals surface area contributed by atoms with Crippen molar-refractivity contribution in [2.45, 2.75) is 57.2 Å². The van der Waals surface area contributed by atoms with Crippen LogP contribution in [-0.4, -0.2) is 70.3 Å². The number of carbonyl (C=O) groups is 3. The molecule has 3 amide bonds. The van der Waals surface area contributed by atoms with Crippen LogP contribution in [0.1, 0.15) is 49.5 Å². The molecular weight excluding hydrogens is 400 g/mol. The molecule has 0 radical (unpaired) electrons. The molecule has 0 spiro atoms. The summed E-state index contributed by atoms with van der Waals surface area (Å²) in [5.74, 6) is -0.137. The first-order valence-corrected chi connectivity index (χ1v) is 10.6. The Morgan fingerprint density at radius 2 is 1.97 bits per heavy atom. The highest BCUT2D eigenvalue weighted by atomic mass is 16.3. The number of carboxylic acid groups (broad SMARTS) is 1. The molecule has 2 aliphatic heterocycles. The predicted molar refractivity (Wildman–Crippen MR) is 117 cm³/mol. The van der Waals surface area contributed by atoms with E-state index >= 15 is 0 Å². The lowest BCUT2D eigenvalue weighted by molar-refractivity contribution is -0.122. The molecule has 2 saturated heterocycles. The molecule has 2 unspecified atom stereocenters. The second kappa shape index (κ2) is 10.3. The number of benzene rings is 1. The van der Waals surface area contributed by atoms with Gasteiger partial charge in [0.2, 0.25) is 0 Å². The number of hydrogen-bond donors (Lipinski definition) is 5. The number of nitrogens with zero attached hydrogens (tertiary/aromatic N) is 2. The lowest BCUT2D eigenvalue weighted by Crippen LogP contribution is -2.48. The van der Waals surface area contributed by atoms with E-state index in [9.17, 15) is 9.59 Å². The third kappa shape index (κ3) is 5.32. The van der Waals surface area contributed by atoms with Gasteiger partial charge in [-0.05, 0) is 57.4 Å². The summed E-state index contributed by atoms with van der Waals surface area (Å²) in [7, 11) is 2.19. The zero-order valence-corrected chi connectivity index (χ0v) is 17.9. The van der Waals surface area contributed by atoms with Gasteiger partial charge in [0.1, 0.15) is 0 Å². The molecule has 2 aliphatic rings. The third-order valence-electron chi connectivity index (χ3n) is 6.00. The van der Waals surface area contributed by atoms with Crippen LogP contribution in [0.25, 0.3) is 10.9 Å². The van der Waals surface area contributed by atoms with Crippen molar-refractivity contribution in [1.82, 2.24) is 25.7 Å². The van der Waals surface area contributed by atoms with Gasteiger partial charge in [0.05, 0.1) is 5.52 Å². The van der Waals surface area contributed by atoms with Crippen LogP contribution in [0.2, 0.25) is 0 Å². The maximum atomic E-state index is 12.8. The summed E-state index contributed by atoms with van der Waals surface area (Å²) in [4.78, 5) is 35.4. The van der Waals surface area contributed by atoms with Crippen LogP contribution in [0.3, 0.4) is 0 Å². The van der Waals surface area contributed by atoms with E-state index in [2.05, 4.69) is 38.1 Å². The van der Waals surface area contributed by atoms with Crippen molar-refractivity contribution in [3.8, 4) is 0 Å². The van der Waals surface area contributed by atoms with E-state index in [0.29, 0.717) is 30.0 Å². The van der Waals surface area contributed by atoms with Crippen molar-refractivity contribution in [3.63, 3.8) is 0 Å². The minimum atomic E-state index is -0.250. The van der Waals surface area contributed by atoms with Crippen molar-refractivity contribution in [2.24, 2.45) is 0 Å². The predicted octanol–water partition coefficient (Wildman–Crippen LogP) is 2.15. The highest BCUT2D eigenvalue weighted by molar-refractivity contribution is 6.05. The molecular formula is C21H30N6O4. The van der Waals surface area contributed by atoms with E-state index < -0.39 is 0 Å². The number of fused-ring (bicyclic) bond motifs is 3. The number of aromatic amines is 1. The topological polar surface area (TPSA) is 139 Å². The molecule has 4 rings (SSSR count). The molecule has 3 heterocycles. The van der Waals surface area contributed by atoms with Gasteiger partial charge in [-0.15, -0.1) is 0 Å². The van der Waals surface area contributed by atoms with Gasteiger partial charge >= 0.3 is 6.03 Å². The normalized spacial score (nSPS) is 22.3. The number of H-pyrrole nitrogens is 1. The first-order chi connectivity index (χ1) is 15.0. The zero-order chi connectivity index (χ0) is 22.4. The summed E-state index contributed by atoms with van der Waals surface area (Å²) >= 11 is 0. The van der Waals surface area contributed by atoms with Crippen LogP contribution >= 0.6 is 0 Å². The average Bonchev–Trinajstić information content (AvgIpc) is 3.23. The van der Waals surface area contributed by atoms with E-state index in [4.69, 9.17) is 9.90 Å². The van der Waals surface area contributed by atoms with E-state index in [1.807, 2.05) is 13.0 Å². The zero-order valence-electron chi connectivity index (χ0n) is 17.9. The highest BCUT2D eigenvalue weighted by Crippen LogP contribution is 2.34. The molecule has 2 aromatic rings. The monoisotopic (exact) mass is 430 g/mol. The van der Waals surface area contributed by atoms with Crippen LogP contribution in [0.4, 0.5) is 10.5 Å². The Morgan fingerprint density at radius 3 is 2.61 bits per heavy atom. The van der Waals surface area contributed by atoms with Crippen molar-refractivity contribution < 1.29 is 19.5 Å². The van der Waals surface area contributed by atoms with E-state index in [1.165, 1.54) is 12.8 Å². The Kier molecular flexibility index (Phi) is 7.45. The van der Waals surface area contributed by atoms with Crippen LogP contribution < -0.4 is 16.0 Å². The van der Waals surface area contributed by atoms with Gasteiger partial charge in [0.25, 0.3) is 12.4 Å². The van der Waals surface area contributed by atoms with Crippen molar-refractivity contribution >= 4 is 35.0 Å². The van der Waals surface area contributed by atoms with Crippen LogP contribution in [0, 0.1) is 0 Å². The lowest BCUT2D eigenvalue weighted by Gasteiger charge is -2.36. The Labute approximate surface area is 180 Å². The second-order valence-corrected chi connectivity index (χ2v) is 8.01. The largest absolute Gasteiger partial charge is 0.483 e. The number of anilines is 1. The van der Waals surface area contributed by atoms with Gasteiger partial charge in [-0.3, -0.25) is 14.7 Å². The summed E-state index contributed by atoms with van der Waals surface area (Å²) < 4.78 is 0. The maximum Gasteiger partial charge on any atom is 0.319 e. The van der Waals surface area contributed by atoms with Gasteiger partial charge in [0, 0.05) is 35.7 Å². The molecule has 0 saturated carbocycles. The van der Waals surface area contributed by atoms with Gasteiger partial charge in [-0.25, -0.2) is 4.79 Å². The molecule has 168 valence electrons. The van der Waals surface area contributed by atoms with E-state index in [1.54, 1.807) is 12.1 Å². The van der Waals surface area contributed by atoms with Crippen LogP contribution in [0.15, 0.2) is 18.2 Å². The van der Waals surface area contributed by atoms with Crippen LogP contribution in [0.5, 0.6) is 0 Å². The van der Waals surface area contributed by atoms with Gasteiger partial charge < -0.3 is 26.0 Å². The Bertz CT molecular complexity index is 916. The number of nitrogens with one attached hydrogen (secondary N) is 4. The molecule has 10 heteroatoms. The Hall–Kier alpha value is -3.14. The molecule has 0 aliphatic carbocycles. The summed E-state index contributed by atoms with van der Waals surface area (Å²) in [5, 5.41) is 23.5. The fourth-order valence-electron chi connectivity index (χ4n) is 4.47. The summed E-state index contributed by atoms with van der Waals surface area (Å²) in [6, 6.07) is 6.52. The fraction of sp³-hybridized carbons (Fsp3) is 0.524. The average molecular weight is 431 g/mol. The SMILES string of the molecule is CCCNC(=O)Nc1ccc2c(C(=O)NC3CC4CCC(C3)N4C)n[nH]c2c1.O=CO. The number of urea groups is 1. The fourth-order valence-corrected chi connectivity index (χ4v) is 4.47. The first kappa shape index (κ1) is 22.5. The number of piperidine rings is 1. The van der Waals surface area contributed by atoms with Gasteiger partial charge in [-0.1, -0.05) is 6.92 Å². The summed E-state index contributed by atoms with van der Waals surface area (Å²) in [6.07, 6.45) is 5.33. The number of rotatable bonds is 5. The first-order valence-electron chi connectivity index (χ1n) is 10.6. The Morgan fingerprint density at radius 1 is 1.29 bits per heavy atom. The minimum absolute atomic E-state index is 0.137. The summed E-state index contributed by atoms with van der Waals surface area (Å²) in [6.45, 7) is 2.38. The smallest absolute Gasteiger partial charge is 0.319 e. The van der Waals surface area contributed by atoms with E-state index in [0.717, 1.165) is 30.2 Å². The van der Waals surface area contributed by atoms with Crippen LogP contribution in [-0.2, 0) is 4.79 Å². The number of amides is 3. The molecule has 31 heavy (non-hydrogen) atoms. The quantitative estimate of drug-likeness (QED) is 0.461. The highest BCUT2D eigenvalue weighted by Gasteiger charge is 2.39. The molecule has 2 bridgehead atoms. The maximum absolute atomic E-state index is 12.8. The van der Waals surface area contributed by atoms with Crippen molar-refractivity contribution in [1.29, 1.82) is 0 Å². The molecule has 1 aromatic carbocycles.